The van der Waals surface area contributed by atoms with Gasteiger partial charge in [-0.25, -0.2) is 14.6 Å². The van der Waals surface area contributed by atoms with Crippen molar-refractivity contribution in [2.75, 3.05) is 16.8 Å². The van der Waals surface area contributed by atoms with Gasteiger partial charge >= 0.3 is 0 Å². The van der Waals surface area contributed by atoms with Crippen LogP contribution >= 0.6 is 0 Å². The van der Waals surface area contributed by atoms with E-state index in [9.17, 15) is 9.59 Å². The number of ether oxygens (including phenoxy) is 1. The van der Waals surface area contributed by atoms with Crippen LogP contribution in [0.25, 0.3) is 5.82 Å². The number of carbonyl (C=O) groups excluding carboxylic acids is 2. The third kappa shape index (κ3) is 4.89. The number of nitrogens with one attached hydrogen (secondary N) is 1. The highest BCUT2D eigenvalue weighted by Crippen LogP contribution is 2.27. The molecular weight excluding hydrogens is 444 g/mol. The van der Waals surface area contributed by atoms with Crippen molar-refractivity contribution in [3.8, 4) is 17.4 Å². The van der Waals surface area contributed by atoms with E-state index in [1.54, 1.807) is 39.9 Å². The van der Waals surface area contributed by atoms with Crippen molar-refractivity contribution >= 4 is 23.2 Å². The Hall–Kier alpha value is -4.53. The monoisotopic (exact) mass is 468 g/mol. The number of anilines is 2. The predicted octanol–water partition coefficient (Wildman–Crippen LogP) is 4.06. The van der Waals surface area contributed by atoms with E-state index in [2.05, 4.69) is 20.4 Å². The Balaban J connectivity index is 1.21. The van der Waals surface area contributed by atoms with E-state index in [1.807, 2.05) is 50.2 Å². The molecule has 4 aromatic rings. The van der Waals surface area contributed by atoms with Crippen LogP contribution in [-0.4, -0.2) is 38.1 Å². The average Bonchev–Trinajstić information content (AvgIpc) is 3.42. The lowest BCUT2D eigenvalue weighted by molar-refractivity contribution is -0.122. The fraction of sp³-hybridized carbons (Fsp3) is 0.192. The second-order valence-corrected chi connectivity index (χ2v) is 8.41. The molecule has 1 aliphatic heterocycles. The number of aromatic nitrogens is 4. The maximum atomic E-state index is 12.8. The van der Waals surface area contributed by atoms with Gasteiger partial charge in [0.2, 0.25) is 17.7 Å². The first-order chi connectivity index (χ1) is 17.0. The Bertz CT molecular complexity index is 1370. The molecule has 1 N–H and O–H groups in total. The highest BCUT2D eigenvalue weighted by Gasteiger charge is 2.35. The normalized spacial score (nSPS) is 15.3. The SMILES string of the molecule is Cc1cc(C)n(-c2cc(Oc3ccc(NC(=O)C4CC(=O)N(c5ccccc5)C4)cc3)ncn2)n1. The quantitative estimate of drug-likeness (QED) is 0.458. The standard InChI is InChI=1S/C26H24N6O3/c1-17-12-18(2)32(30-17)23-14-24(28-16-27-23)35-22-10-8-20(9-11-22)29-26(34)19-13-25(33)31(15-19)21-6-4-3-5-7-21/h3-12,14,16,19H,13,15H2,1-2H3,(H,29,34). The van der Waals surface area contributed by atoms with E-state index >= 15 is 0 Å². The lowest BCUT2D eigenvalue weighted by Gasteiger charge is -2.16. The van der Waals surface area contributed by atoms with Crippen LogP contribution in [-0.2, 0) is 9.59 Å². The number of aryl methyl sites for hydroxylation is 2. The van der Waals surface area contributed by atoms with Crippen LogP contribution in [0.3, 0.4) is 0 Å². The smallest absolute Gasteiger partial charge is 0.229 e. The molecule has 1 saturated heterocycles. The zero-order chi connectivity index (χ0) is 24.4. The first-order valence-corrected chi connectivity index (χ1v) is 11.3. The number of rotatable bonds is 6. The summed E-state index contributed by atoms with van der Waals surface area (Å²) in [6.45, 7) is 4.24. The summed E-state index contributed by atoms with van der Waals surface area (Å²) in [5.41, 5.74) is 3.29. The van der Waals surface area contributed by atoms with E-state index in [-0.39, 0.29) is 18.2 Å². The number of hydrogen-bond donors (Lipinski definition) is 1. The lowest BCUT2D eigenvalue weighted by atomic mass is 10.1. The molecule has 3 heterocycles. The number of benzene rings is 2. The Labute approximate surface area is 202 Å². The molecule has 1 aliphatic rings. The minimum absolute atomic E-state index is 0.0511. The van der Waals surface area contributed by atoms with Gasteiger partial charge in [-0.15, -0.1) is 0 Å². The highest BCUT2D eigenvalue weighted by molar-refractivity contribution is 6.03. The molecule has 0 bridgehead atoms. The molecule has 1 atom stereocenters. The minimum Gasteiger partial charge on any atom is -0.439 e. The molecule has 5 rings (SSSR count). The number of hydrogen-bond acceptors (Lipinski definition) is 6. The Kier molecular flexibility index (Phi) is 5.97. The van der Waals surface area contributed by atoms with E-state index < -0.39 is 5.92 Å². The summed E-state index contributed by atoms with van der Waals surface area (Å²) in [5.74, 6) is 0.908. The zero-order valence-electron chi connectivity index (χ0n) is 19.4. The second-order valence-electron chi connectivity index (χ2n) is 8.41. The van der Waals surface area contributed by atoms with Gasteiger partial charge in [0.25, 0.3) is 0 Å². The van der Waals surface area contributed by atoms with Crippen LogP contribution < -0.4 is 15.0 Å². The first kappa shape index (κ1) is 22.3. The molecule has 0 saturated carbocycles. The summed E-state index contributed by atoms with van der Waals surface area (Å²) in [6.07, 6.45) is 1.62. The molecule has 1 fully saturated rings. The number of para-hydroxylation sites is 1. The van der Waals surface area contributed by atoms with Crippen LogP contribution in [0.4, 0.5) is 11.4 Å². The minimum atomic E-state index is -0.410. The van der Waals surface area contributed by atoms with Gasteiger partial charge in [-0.2, -0.15) is 5.10 Å². The van der Waals surface area contributed by atoms with Gasteiger partial charge in [-0.3, -0.25) is 9.59 Å². The van der Waals surface area contributed by atoms with Crippen molar-refractivity contribution in [1.82, 2.24) is 19.7 Å². The summed E-state index contributed by atoms with van der Waals surface area (Å²) in [5, 5.41) is 7.33. The van der Waals surface area contributed by atoms with Crippen molar-refractivity contribution in [3.05, 3.63) is 84.4 Å². The summed E-state index contributed by atoms with van der Waals surface area (Å²) in [4.78, 5) is 35.3. The third-order valence-electron chi connectivity index (χ3n) is 5.76. The van der Waals surface area contributed by atoms with Crippen molar-refractivity contribution in [2.45, 2.75) is 20.3 Å². The molecule has 2 amide bonds. The summed E-state index contributed by atoms with van der Waals surface area (Å²) in [6, 6.07) is 20.1. The molecule has 1 unspecified atom stereocenters. The first-order valence-electron chi connectivity index (χ1n) is 11.3. The second kappa shape index (κ2) is 9.38. The number of carbonyl (C=O) groups is 2. The molecule has 0 radical (unpaired) electrons. The van der Waals surface area contributed by atoms with Gasteiger partial charge in [0.05, 0.1) is 11.6 Å². The largest absolute Gasteiger partial charge is 0.439 e. The van der Waals surface area contributed by atoms with Crippen molar-refractivity contribution < 1.29 is 14.3 Å². The Morgan fingerprint density at radius 3 is 2.51 bits per heavy atom. The molecule has 2 aromatic carbocycles. The van der Waals surface area contributed by atoms with Crippen LogP contribution in [0, 0.1) is 19.8 Å². The molecule has 9 nitrogen and oxygen atoms in total. The molecule has 35 heavy (non-hydrogen) atoms. The van der Waals surface area contributed by atoms with Gasteiger partial charge < -0.3 is 15.0 Å². The molecular formula is C26H24N6O3. The lowest BCUT2D eigenvalue weighted by Crippen LogP contribution is -2.28. The Morgan fingerprint density at radius 1 is 1.03 bits per heavy atom. The maximum absolute atomic E-state index is 12.8. The fourth-order valence-corrected chi connectivity index (χ4v) is 4.07. The average molecular weight is 469 g/mol. The van der Waals surface area contributed by atoms with E-state index in [1.165, 1.54) is 6.33 Å². The highest BCUT2D eigenvalue weighted by atomic mass is 16.5. The predicted molar refractivity (Wildman–Crippen MR) is 131 cm³/mol. The maximum Gasteiger partial charge on any atom is 0.229 e. The van der Waals surface area contributed by atoms with Gasteiger partial charge in [0.15, 0.2) is 5.82 Å². The fourth-order valence-electron chi connectivity index (χ4n) is 4.07. The van der Waals surface area contributed by atoms with Crippen LogP contribution in [0.1, 0.15) is 17.8 Å². The van der Waals surface area contributed by atoms with Gasteiger partial charge in [0, 0.05) is 36.1 Å². The molecule has 176 valence electrons. The van der Waals surface area contributed by atoms with Crippen molar-refractivity contribution in [1.29, 1.82) is 0 Å². The van der Waals surface area contributed by atoms with E-state index in [4.69, 9.17) is 4.74 Å². The van der Waals surface area contributed by atoms with E-state index in [0.717, 1.165) is 17.1 Å². The van der Waals surface area contributed by atoms with Crippen molar-refractivity contribution in [3.63, 3.8) is 0 Å². The van der Waals surface area contributed by atoms with Crippen LogP contribution in [0.2, 0.25) is 0 Å². The van der Waals surface area contributed by atoms with Crippen molar-refractivity contribution in [2.24, 2.45) is 5.92 Å². The molecule has 9 heteroatoms. The van der Waals surface area contributed by atoms with Gasteiger partial charge in [-0.1, -0.05) is 18.2 Å². The zero-order valence-corrected chi connectivity index (χ0v) is 19.4. The topological polar surface area (TPSA) is 102 Å². The van der Waals surface area contributed by atoms with Crippen LogP contribution in [0.15, 0.2) is 73.1 Å². The van der Waals surface area contributed by atoms with Gasteiger partial charge in [-0.05, 0) is 56.3 Å². The van der Waals surface area contributed by atoms with Crippen LogP contribution in [0.5, 0.6) is 11.6 Å². The molecule has 2 aromatic heterocycles. The van der Waals surface area contributed by atoms with Gasteiger partial charge in [0.1, 0.15) is 12.1 Å². The molecule has 0 aliphatic carbocycles. The summed E-state index contributed by atoms with van der Waals surface area (Å²) >= 11 is 0. The molecule has 0 spiro atoms. The number of nitrogens with zero attached hydrogens (tertiary/aromatic N) is 5. The summed E-state index contributed by atoms with van der Waals surface area (Å²) < 4.78 is 7.60. The Morgan fingerprint density at radius 2 is 1.80 bits per heavy atom. The summed E-state index contributed by atoms with van der Waals surface area (Å²) in [7, 11) is 0. The van der Waals surface area contributed by atoms with E-state index in [0.29, 0.717) is 29.7 Å². The number of amides is 2. The third-order valence-corrected chi connectivity index (χ3v) is 5.76.